The molecule has 0 heterocycles. The van der Waals surface area contributed by atoms with Crippen LogP contribution in [0.2, 0.25) is 0 Å². The van der Waals surface area contributed by atoms with Gasteiger partial charge in [-0.15, -0.1) is 0 Å². The standard InChI is InChI=1S/C42H74N12O15S/c1-19(2)13-25(50-38(65)28(16-32(58)59)52-40(67)30(18-70)54-39(66)29(17-55)53-34(61)23(43)9-8-12-46-42(44)45)35(62)47-22(7)33(60)49-26(14-20(3)4)37(64)51-27(15-21(5)6)36(63)48-24(41(68)69)10-11-31(56)57/h19-30,55,70H,8-18,43H2,1-7H3,(H,47,62)(H,48,63)(H,49,60)(H,50,65)(H,51,64)(H,52,67)(H,53,61)(H,54,66)(H,56,57)(H,58,59)(H,68,69)(H4,44,45,46)/t22-,23-,24-,25-,26-,27-,28-,29-,30-/m0/s1. The topological polar surface area (TPSA) is 455 Å². The lowest BCUT2D eigenvalue weighted by molar-refractivity contribution is -0.143. The van der Waals surface area contributed by atoms with Crippen LogP contribution >= 0.6 is 12.6 Å². The molecule has 8 amide bonds. The summed E-state index contributed by atoms with van der Waals surface area (Å²) in [4.78, 5) is 145. The third kappa shape index (κ3) is 25.9. The van der Waals surface area contributed by atoms with Gasteiger partial charge in [-0.1, -0.05) is 41.5 Å². The third-order valence-corrected chi connectivity index (χ3v) is 10.3. The number of aliphatic imine (C=N–C) groups is 1. The Morgan fingerprint density at radius 2 is 0.886 bits per heavy atom. The van der Waals surface area contributed by atoms with Crippen LogP contribution in [0.5, 0.6) is 0 Å². The van der Waals surface area contributed by atoms with Crippen molar-refractivity contribution in [2.75, 3.05) is 18.9 Å². The molecular weight excluding hydrogens is 945 g/mol. The molecule has 0 bridgehead atoms. The first kappa shape index (κ1) is 63.7. The van der Waals surface area contributed by atoms with Gasteiger partial charge < -0.3 is 80.2 Å². The van der Waals surface area contributed by atoms with Crippen LogP contribution in [-0.4, -0.2) is 165 Å². The van der Waals surface area contributed by atoms with Gasteiger partial charge in [0, 0.05) is 18.7 Å². The number of hydrogen-bond donors (Lipinski definition) is 16. The number of carbonyl (C=O) groups is 11. The number of aliphatic hydroxyl groups is 1. The van der Waals surface area contributed by atoms with Crippen molar-refractivity contribution in [2.24, 2.45) is 39.9 Å². The molecule has 9 atom stereocenters. The highest BCUT2D eigenvalue weighted by atomic mass is 32.1. The van der Waals surface area contributed by atoms with Crippen molar-refractivity contribution in [3.8, 4) is 0 Å². The molecule has 0 saturated heterocycles. The summed E-state index contributed by atoms with van der Waals surface area (Å²) in [5.41, 5.74) is 16.4. The highest BCUT2D eigenvalue weighted by molar-refractivity contribution is 7.80. The molecule has 398 valence electrons. The molecule has 0 fully saturated rings. The van der Waals surface area contributed by atoms with Crippen molar-refractivity contribution in [3.63, 3.8) is 0 Å². The number of aliphatic carboxylic acids is 3. The summed E-state index contributed by atoms with van der Waals surface area (Å²) in [5.74, 6) is -13.2. The molecular formula is C42H74N12O15S. The van der Waals surface area contributed by atoms with Crippen LogP contribution in [0.15, 0.2) is 4.99 Å². The maximum absolute atomic E-state index is 13.7. The molecule has 28 heteroatoms. The second kappa shape index (κ2) is 32.5. The fraction of sp³-hybridized carbons (Fsp3) is 0.714. The maximum atomic E-state index is 13.7. The zero-order valence-corrected chi connectivity index (χ0v) is 41.5. The van der Waals surface area contributed by atoms with Gasteiger partial charge >= 0.3 is 17.9 Å². The molecule has 0 aromatic rings. The summed E-state index contributed by atoms with van der Waals surface area (Å²) in [6, 6.07) is -13.0. The van der Waals surface area contributed by atoms with Crippen LogP contribution in [0.4, 0.5) is 0 Å². The number of carbonyl (C=O) groups excluding carboxylic acids is 8. The highest BCUT2D eigenvalue weighted by Crippen LogP contribution is 2.12. The van der Waals surface area contributed by atoms with E-state index in [1.165, 1.54) is 6.92 Å². The summed E-state index contributed by atoms with van der Waals surface area (Å²) in [6.45, 7) is 10.9. The van der Waals surface area contributed by atoms with Gasteiger partial charge in [0.2, 0.25) is 47.3 Å². The van der Waals surface area contributed by atoms with Crippen molar-refractivity contribution >= 4 is 83.8 Å². The zero-order valence-electron chi connectivity index (χ0n) is 40.6. The minimum absolute atomic E-state index is 0.0392. The van der Waals surface area contributed by atoms with E-state index in [-0.39, 0.29) is 55.9 Å². The number of carboxylic acid groups (broad SMARTS) is 3. The average Bonchev–Trinajstić information content (AvgIpc) is 3.24. The van der Waals surface area contributed by atoms with Crippen LogP contribution in [0.25, 0.3) is 0 Å². The first-order valence-electron chi connectivity index (χ1n) is 22.6. The fourth-order valence-electron chi connectivity index (χ4n) is 6.37. The summed E-state index contributed by atoms with van der Waals surface area (Å²) in [5, 5.41) is 57.0. The lowest BCUT2D eigenvalue weighted by atomic mass is 9.99. The van der Waals surface area contributed by atoms with Crippen LogP contribution in [-0.2, 0) is 52.7 Å². The van der Waals surface area contributed by atoms with E-state index in [0.717, 1.165) is 0 Å². The Balaban J connectivity index is 6.10. The Labute approximate surface area is 411 Å². The van der Waals surface area contributed by atoms with E-state index in [0.29, 0.717) is 6.42 Å². The van der Waals surface area contributed by atoms with Crippen LogP contribution in [0.1, 0.15) is 99.8 Å². The minimum atomic E-state index is -1.84. The van der Waals surface area contributed by atoms with E-state index in [2.05, 4.69) is 60.2 Å². The molecule has 0 spiro atoms. The Bertz CT molecular complexity index is 1850. The van der Waals surface area contributed by atoms with Gasteiger partial charge in [0.25, 0.3) is 0 Å². The Kier molecular flexibility index (Phi) is 29.6. The van der Waals surface area contributed by atoms with Gasteiger partial charge in [0.15, 0.2) is 5.96 Å². The minimum Gasteiger partial charge on any atom is -0.481 e. The monoisotopic (exact) mass is 1020 g/mol. The number of carboxylic acids is 3. The molecule has 18 N–H and O–H groups in total. The first-order valence-corrected chi connectivity index (χ1v) is 23.3. The second-order valence-electron chi connectivity index (χ2n) is 17.8. The van der Waals surface area contributed by atoms with Crippen molar-refractivity contribution in [3.05, 3.63) is 0 Å². The predicted molar refractivity (Wildman–Crippen MR) is 255 cm³/mol. The van der Waals surface area contributed by atoms with Crippen LogP contribution < -0.4 is 59.7 Å². The average molecular weight is 1020 g/mol. The van der Waals surface area contributed by atoms with Crippen molar-refractivity contribution < 1.29 is 73.2 Å². The van der Waals surface area contributed by atoms with E-state index < -0.39 is 151 Å². The molecule has 0 saturated carbocycles. The van der Waals surface area contributed by atoms with Gasteiger partial charge in [0.05, 0.1) is 19.1 Å². The van der Waals surface area contributed by atoms with Crippen LogP contribution in [0, 0.1) is 17.8 Å². The number of hydrogen-bond acceptors (Lipinski definition) is 15. The Morgan fingerprint density at radius 3 is 1.30 bits per heavy atom. The molecule has 0 unspecified atom stereocenters. The van der Waals surface area contributed by atoms with Crippen molar-refractivity contribution in [2.45, 2.75) is 154 Å². The molecule has 70 heavy (non-hydrogen) atoms. The summed E-state index contributed by atoms with van der Waals surface area (Å²) >= 11 is 4.07. The molecule has 0 aromatic heterocycles. The lowest BCUT2D eigenvalue weighted by Crippen LogP contribution is -2.61. The molecule has 0 aliphatic carbocycles. The van der Waals surface area contributed by atoms with E-state index in [1.54, 1.807) is 41.5 Å². The SMILES string of the molecule is CC(C)C[C@H](NC(=O)[C@H](C)NC(=O)[C@H](CC(C)C)NC(=O)[C@H](CC(=O)O)NC(=O)[C@H](CS)NC(=O)[C@H](CO)NC(=O)[C@@H](N)CCCN=C(N)N)C(=O)N[C@@H](CC(C)C)C(=O)N[C@@H](CCC(=O)O)C(=O)O. The summed E-state index contributed by atoms with van der Waals surface area (Å²) in [6.07, 6.45) is -1.53. The van der Waals surface area contributed by atoms with Crippen molar-refractivity contribution in [1.82, 2.24) is 42.5 Å². The van der Waals surface area contributed by atoms with E-state index in [1.807, 2.05) is 0 Å². The van der Waals surface area contributed by atoms with Gasteiger partial charge in [-0.2, -0.15) is 12.6 Å². The number of aliphatic hydroxyl groups excluding tert-OH is 1. The second-order valence-corrected chi connectivity index (χ2v) is 18.2. The molecule has 0 radical (unpaired) electrons. The van der Waals surface area contributed by atoms with Gasteiger partial charge in [-0.25, -0.2) is 4.79 Å². The largest absolute Gasteiger partial charge is 0.481 e. The quantitative estimate of drug-likeness (QED) is 0.0126. The van der Waals surface area contributed by atoms with Gasteiger partial charge in [-0.3, -0.25) is 52.9 Å². The third-order valence-electron chi connectivity index (χ3n) is 9.98. The predicted octanol–water partition coefficient (Wildman–Crippen LogP) is -4.25. The van der Waals surface area contributed by atoms with E-state index in [4.69, 9.17) is 22.3 Å². The number of guanidine groups is 1. The Morgan fingerprint density at radius 1 is 0.500 bits per heavy atom. The number of amides is 8. The van der Waals surface area contributed by atoms with Crippen LogP contribution in [0.3, 0.4) is 0 Å². The fourth-order valence-corrected chi connectivity index (χ4v) is 6.63. The lowest BCUT2D eigenvalue weighted by Gasteiger charge is -2.28. The number of rotatable bonds is 34. The number of nitrogens with zero attached hydrogens (tertiary/aromatic N) is 1. The molecule has 0 aromatic carbocycles. The van der Waals surface area contributed by atoms with E-state index >= 15 is 0 Å². The molecule has 0 aliphatic heterocycles. The van der Waals surface area contributed by atoms with Gasteiger partial charge in [0.1, 0.15) is 48.3 Å². The molecule has 27 nitrogen and oxygen atoms in total. The summed E-state index contributed by atoms with van der Waals surface area (Å²) in [7, 11) is 0. The Hall–Kier alpha value is -6.29. The maximum Gasteiger partial charge on any atom is 0.326 e. The van der Waals surface area contributed by atoms with Crippen molar-refractivity contribution in [1.29, 1.82) is 0 Å². The molecule has 0 aliphatic rings. The summed E-state index contributed by atoms with van der Waals surface area (Å²) < 4.78 is 0. The van der Waals surface area contributed by atoms with E-state index in [9.17, 15) is 68.1 Å². The molecule has 0 rings (SSSR count). The normalized spacial score (nSPS) is 15.0. The number of nitrogens with one attached hydrogen (secondary N) is 8. The number of nitrogens with two attached hydrogens (primary N) is 3. The number of thiol groups is 1. The zero-order chi connectivity index (χ0) is 54.0. The first-order chi connectivity index (χ1) is 32.5. The van der Waals surface area contributed by atoms with Gasteiger partial charge in [-0.05, 0) is 63.2 Å². The highest BCUT2D eigenvalue weighted by Gasteiger charge is 2.35. The smallest absolute Gasteiger partial charge is 0.326 e.